The molecule has 0 aromatic carbocycles. The summed E-state index contributed by atoms with van der Waals surface area (Å²) < 4.78 is 9.84. The van der Waals surface area contributed by atoms with Crippen LogP contribution < -0.4 is 5.32 Å². The number of alkyl carbamates (subject to hydrolysis) is 1. The Kier molecular flexibility index (Phi) is 11.7. The highest BCUT2D eigenvalue weighted by molar-refractivity contribution is 5.71. The van der Waals surface area contributed by atoms with Gasteiger partial charge in [-0.25, -0.2) is 4.79 Å². The Balaban J connectivity index is 0.00000108. The maximum atomic E-state index is 11.4. The Morgan fingerprint density at radius 1 is 1.09 bits per heavy atom. The van der Waals surface area contributed by atoms with Gasteiger partial charge in [-0.2, -0.15) is 0 Å². The van der Waals surface area contributed by atoms with Crippen molar-refractivity contribution in [1.82, 2.24) is 5.32 Å². The third kappa shape index (κ3) is 13.6. The van der Waals surface area contributed by atoms with Gasteiger partial charge in [0, 0.05) is 13.5 Å². The van der Waals surface area contributed by atoms with Gasteiger partial charge in [-0.3, -0.25) is 9.59 Å². The molecular formula is C16H29NO6. The lowest BCUT2D eigenvalue weighted by molar-refractivity contribution is -0.148. The topological polar surface area (TPSA) is 102 Å². The van der Waals surface area contributed by atoms with Crippen molar-refractivity contribution in [3.63, 3.8) is 0 Å². The zero-order chi connectivity index (χ0) is 17.7. The van der Waals surface area contributed by atoms with E-state index in [9.17, 15) is 9.59 Å². The SMILES string of the molecule is CC(=O)O.CC(C)C(=O)OCCOC(=O)NCC1CCCCC1. The van der Waals surface area contributed by atoms with Crippen LogP contribution in [0.25, 0.3) is 0 Å². The van der Waals surface area contributed by atoms with Crippen molar-refractivity contribution >= 4 is 18.0 Å². The number of carboxylic acids is 1. The number of carboxylic acid groups (broad SMARTS) is 1. The lowest BCUT2D eigenvalue weighted by Crippen LogP contribution is -2.31. The monoisotopic (exact) mass is 331 g/mol. The average molecular weight is 331 g/mol. The zero-order valence-corrected chi connectivity index (χ0v) is 14.3. The molecule has 1 fully saturated rings. The van der Waals surface area contributed by atoms with Crippen molar-refractivity contribution in [2.75, 3.05) is 19.8 Å². The standard InChI is InChI=1S/C14H25NO4.C2H4O2/c1-11(2)13(16)18-8-9-19-14(17)15-10-12-6-4-3-5-7-12;1-2(3)4/h11-12H,3-10H2,1-2H3,(H,15,17);1H3,(H,3,4). The van der Waals surface area contributed by atoms with Gasteiger partial charge < -0.3 is 19.9 Å². The zero-order valence-electron chi connectivity index (χ0n) is 14.3. The van der Waals surface area contributed by atoms with Gasteiger partial charge in [0.25, 0.3) is 5.97 Å². The average Bonchev–Trinajstić information content (AvgIpc) is 2.49. The molecule has 1 rings (SSSR count). The normalized spacial score (nSPS) is 14.4. The first-order chi connectivity index (χ1) is 10.8. The molecule has 0 aromatic heterocycles. The van der Waals surface area contributed by atoms with E-state index in [0.29, 0.717) is 12.5 Å². The Hall–Kier alpha value is -1.79. The van der Waals surface area contributed by atoms with E-state index in [4.69, 9.17) is 19.4 Å². The molecule has 0 aliphatic heterocycles. The van der Waals surface area contributed by atoms with Gasteiger partial charge in [0.2, 0.25) is 0 Å². The number of amides is 1. The van der Waals surface area contributed by atoms with Gasteiger partial charge >= 0.3 is 12.1 Å². The van der Waals surface area contributed by atoms with Crippen molar-refractivity contribution in [3.8, 4) is 0 Å². The number of hydrogen-bond acceptors (Lipinski definition) is 5. The quantitative estimate of drug-likeness (QED) is 0.573. The summed E-state index contributed by atoms with van der Waals surface area (Å²) in [5.74, 6) is -0.675. The summed E-state index contributed by atoms with van der Waals surface area (Å²) in [6.07, 6.45) is 5.77. The third-order valence-corrected chi connectivity index (χ3v) is 3.29. The van der Waals surface area contributed by atoms with Crippen LogP contribution in [0.1, 0.15) is 52.9 Å². The van der Waals surface area contributed by atoms with Crippen molar-refractivity contribution in [2.24, 2.45) is 11.8 Å². The van der Waals surface area contributed by atoms with Crippen LogP contribution in [0.4, 0.5) is 4.79 Å². The molecule has 0 heterocycles. The van der Waals surface area contributed by atoms with Crippen LogP contribution >= 0.6 is 0 Å². The summed E-state index contributed by atoms with van der Waals surface area (Å²) in [5, 5.41) is 10.2. The molecule has 0 saturated heterocycles. The summed E-state index contributed by atoms with van der Waals surface area (Å²) in [6.45, 7) is 5.52. The molecule has 134 valence electrons. The van der Waals surface area contributed by atoms with Crippen LogP contribution in [0.5, 0.6) is 0 Å². The van der Waals surface area contributed by atoms with Crippen molar-refractivity contribution in [2.45, 2.75) is 52.9 Å². The van der Waals surface area contributed by atoms with E-state index in [2.05, 4.69) is 5.32 Å². The van der Waals surface area contributed by atoms with E-state index < -0.39 is 12.1 Å². The van der Waals surface area contributed by atoms with Gasteiger partial charge in [0.1, 0.15) is 13.2 Å². The predicted octanol–water partition coefficient (Wildman–Crippen LogP) is 2.58. The summed E-state index contributed by atoms with van der Waals surface area (Å²) in [4.78, 5) is 31.5. The van der Waals surface area contributed by atoms with Crippen LogP contribution in [0, 0.1) is 11.8 Å². The van der Waals surface area contributed by atoms with Crippen LogP contribution in [0.15, 0.2) is 0 Å². The summed E-state index contributed by atoms with van der Waals surface area (Å²) in [7, 11) is 0. The molecule has 1 amide bonds. The molecule has 0 atom stereocenters. The second-order valence-corrected chi connectivity index (χ2v) is 5.86. The van der Waals surface area contributed by atoms with E-state index in [0.717, 1.165) is 6.92 Å². The second-order valence-electron chi connectivity index (χ2n) is 5.86. The number of nitrogens with one attached hydrogen (secondary N) is 1. The number of carbonyl (C=O) groups excluding carboxylic acids is 2. The highest BCUT2D eigenvalue weighted by Gasteiger charge is 2.14. The Morgan fingerprint density at radius 3 is 2.13 bits per heavy atom. The lowest BCUT2D eigenvalue weighted by Gasteiger charge is -2.21. The van der Waals surface area contributed by atoms with Crippen molar-refractivity contribution < 1.29 is 29.0 Å². The summed E-state index contributed by atoms with van der Waals surface area (Å²) >= 11 is 0. The summed E-state index contributed by atoms with van der Waals surface area (Å²) in [5.41, 5.74) is 0. The first-order valence-corrected chi connectivity index (χ1v) is 8.09. The fourth-order valence-electron chi connectivity index (χ4n) is 2.11. The fourth-order valence-corrected chi connectivity index (χ4v) is 2.11. The number of carbonyl (C=O) groups is 3. The molecule has 0 spiro atoms. The van der Waals surface area contributed by atoms with Crippen molar-refractivity contribution in [3.05, 3.63) is 0 Å². The number of esters is 1. The minimum absolute atomic E-state index is 0.106. The first-order valence-electron chi connectivity index (χ1n) is 8.09. The molecule has 2 N–H and O–H groups in total. The van der Waals surface area contributed by atoms with E-state index in [1.54, 1.807) is 13.8 Å². The van der Waals surface area contributed by atoms with Gasteiger partial charge in [-0.15, -0.1) is 0 Å². The number of aliphatic carboxylic acids is 1. The highest BCUT2D eigenvalue weighted by Crippen LogP contribution is 2.22. The van der Waals surface area contributed by atoms with E-state index in [-0.39, 0.29) is 25.1 Å². The maximum Gasteiger partial charge on any atom is 0.407 e. The minimum Gasteiger partial charge on any atom is -0.481 e. The van der Waals surface area contributed by atoms with Crippen LogP contribution in [-0.2, 0) is 19.1 Å². The van der Waals surface area contributed by atoms with Crippen LogP contribution in [0.2, 0.25) is 0 Å². The molecular weight excluding hydrogens is 302 g/mol. The van der Waals surface area contributed by atoms with Gasteiger partial charge in [-0.1, -0.05) is 33.1 Å². The molecule has 0 bridgehead atoms. The Morgan fingerprint density at radius 2 is 1.61 bits per heavy atom. The minimum atomic E-state index is -0.833. The van der Waals surface area contributed by atoms with E-state index >= 15 is 0 Å². The molecule has 0 unspecified atom stereocenters. The lowest BCUT2D eigenvalue weighted by atomic mass is 9.89. The molecule has 1 aliphatic rings. The molecule has 7 nitrogen and oxygen atoms in total. The molecule has 0 radical (unpaired) electrons. The number of rotatable bonds is 6. The molecule has 23 heavy (non-hydrogen) atoms. The van der Waals surface area contributed by atoms with E-state index in [1.807, 2.05) is 0 Å². The highest BCUT2D eigenvalue weighted by atomic mass is 16.6. The van der Waals surface area contributed by atoms with Crippen molar-refractivity contribution in [1.29, 1.82) is 0 Å². The largest absolute Gasteiger partial charge is 0.481 e. The number of ether oxygens (including phenoxy) is 2. The Labute approximate surface area is 137 Å². The number of hydrogen-bond donors (Lipinski definition) is 2. The third-order valence-electron chi connectivity index (χ3n) is 3.29. The molecule has 1 aliphatic carbocycles. The second kappa shape index (κ2) is 12.7. The molecule has 7 heteroatoms. The van der Waals surface area contributed by atoms with E-state index in [1.165, 1.54) is 32.1 Å². The maximum absolute atomic E-state index is 11.4. The van der Waals surface area contributed by atoms with Gasteiger partial charge in [0.15, 0.2) is 0 Å². The molecule has 0 aromatic rings. The van der Waals surface area contributed by atoms with Gasteiger partial charge in [0.05, 0.1) is 5.92 Å². The Bertz CT molecular complexity index is 360. The molecule has 1 saturated carbocycles. The van der Waals surface area contributed by atoms with Gasteiger partial charge in [-0.05, 0) is 18.8 Å². The summed E-state index contributed by atoms with van der Waals surface area (Å²) in [6, 6.07) is 0. The fraction of sp³-hybridized carbons (Fsp3) is 0.812. The van der Waals surface area contributed by atoms with Crippen LogP contribution in [0.3, 0.4) is 0 Å². The van der Waals surface area contributed by atoms with Crippen LogP contribution in [-0.4, -0.2) is 42.9 Å². The predicted molar refractivity (Wildman–Crippen MR) is 85.0 cm³/mol. The smallest absolute Gasteiger partial charge is 0.407 e. The first kappa shape index (κ1) is 21.2.